The maximum Gasteiger partial charge on any atom is 0.222 e. The molecule has 2 aliphatic rings. The third kappa shape index (κ3) is 3.24. The zero-order valence-corrected chi connectivity index (χ0v) is 13.7. The second-order valence-corrected chi connectivity index (χ2v) is 6.41. The van der Waals surface area contributed by atoms with E-state index in [-0.39, 0.29) is 12.4 Å². The maximum absolute atomic E-state index is 12.2. The lowest BCUT2D eigenvalue weighted by Crippen LogP contribution is -2.50. The van der Waals surface area contributed by atoms with Crippen molar-refractivity contribution in [3.8, 4) is 0 Å². The second-order valence-electron chi connectivity index (χ2n) is 6.41. The van der Waals surface area contributed by atoms with Crippen molar-refractivity contribution in [3.05, 3.63) is 17.0 Å². The average Bonchev–Trinajstić information content (AvgIpc) is 2.76. The summed E-state index contributed by atoms with van der Waals surface area (Å²) in [6, 6.07) is 0. The highest BCUT2D eigenvalue weighted by molar-refractivity contribution is 5.85. The largest absolute Gasteiger partial charge is 0.338 e. The predicted octanol–water partition coefficient (Wildman–Crippen LogP) is 1.94. The van der Waals surface area contributed by atoms with Gasteiger partial charge in [0.2, 0.25) is 5.91 Å². The number of nitrogens with one attached hydrogen (secondary N) is 2. The van der Waals surface area contributed by atoms with E-state index >= 15 is 0 Å². The van der Waals surface area contributed by atoms with Crippen LogP contribution in [0.5, 0.6) is 0 Å². The molecule has 0 aliphatic carbocycles. The molecule has 118 valence electrons. The predicted molar refractivity (Wildman–Crippen MR) is 84.5 cm³/mol. The summed E-state index contributed by atoms with van der Waals surface area (Å²) in [7, 11) is 0. The van der Waals surface area contributed by atoms with Crippen LogP contribution in [0.2, 0.25) is 0 Å². The number of carbonyl (C=O) groups excluding carboxylic acids is 1. The van der Waals surface area contributed by atoms with Crippen molar-refractivity contribution < 1.29 is 4.79 Å². The van der Waals surface area contributed by atoms with Crippen LogP contribution in [0, 0.1) is 19.3 Å². The molecule has 2 N–H and O–H groups in total. The summed E-state index contributed by atoms with van der Waals surface area (Å²) in [5.74, 6) is 0.300. The fourth-order valence-corrected chi connectivity index (χ4v) is 3.61. The molecule has 0 aromatic carbocycles. The van der Waals surface area contributed by atoms with Gasteiger partial charge in [0.05, 0.1) is 5.69 Å². The van der Waals surface area contributed by atoms with E-state index in [1.807, 2.05) is 13.8 Å². The number of hydrogen-bond donors (Lipinski definition) is 2. The molecule has 6 heteroatoms. The van der Waals surface area contributed by atoms with Gasteiger partial charge in [-0.2, -0.15) is 5.10 Å². The van der Waals surface area contributed by atoms with Gasteiger partial charge in [0.1, 0.15) is 0 Å². The minimum Gasteiger partial charge on any atom is -0.338 e. The van der Waals surface area contributed by atoms with Crippen LogP contribution in [-0.2, 0) is 11.3 Å². The number of aromatic amines is 1. The fourth-order valence-electron chi connectivity index (χ4n) is 3.61. The number of amides is 1. The number of hydrogen-bond acceptors (Lipinski definition) is 3. The Morgan fingerprint density at radius 3 is 2.57 bits per heavy atom. The van der Waals surface area contributed by atoms with Crippen LogP contribution < -0.4 is 5.32 Å². The van der Waals surface area contributed by atoms with Crippen molar-refractivity contribution >= 4 is 18.3 Å². The van der Waals surface area contributed by atoms with E-state index in [9.17, 15) is 4.79 Å². The third-order valence-corrected chi connectivity index (χ3v) is 5.04. The number of piperidine rings is 2. The molecular formula is C15H25ClN4O. The molecule has 0 saturated carbocycles. The summed E-state index contributed by atoms with van der Waals surface area (Å²) >= 11 is 0. The highest BCUT2D eigenvalue weighted by Gasteiger charge is 2.39. The Labute approximate surface area is 132 Å². The van der Waals surface area contributed by atoms with Gasteiger partial charge in [0, 0.05) is 30.8 Å². The Hall–Kier alpha value is -1.07. The topological polar surface area (TPSA) is 61.0 Å². The Kier molecular flexibility index (Phi) is 4.94. The molecular weight excluding hydrogens is 288 g/mol. The molecule has 1 aromatic rings. The van der Waals surface area contributed by atoms with Crippen LogP contribution in [-0.4, -0.2) is 40.6 Å². The highest BCUT2D eigenvalue weighted by Crippen LogP contribution is 2.39. The van der Waals surface area contributed by atoms with E-state index in [2.05, 4.69) is 20.4 Å². The van der Waals surface area contributed by atoms with Gasteiger partial charge in [-0.1, -0.05) is 0 Å². The summed E-state index contributed by atoms with van der Waals surface area (Å²) < 4.78 is 0. The molecule has 1 spiro atoms. The van der Waals surface area contributed by atoms with Gasteiger partial charge >= 0.3 is 0 Å². The van der Waals surface area contributed by atoms with Crippen molar-refractivity contribution in [2.24, 2.45) is 5.41 Å². The second kappa shape index (κ2) is 6.36. The lowest BCUT2D eigenvalue weighted by atomic mass is 9.72. The molecule has 2 aliphatic heterocycles. The van der Waals surface area contributed by atoms with E-state index < -0.39 is 0 Å². The molecule has 5 nitrogen and oxygen atoms in total. The van der Waals surface area contributed by atoms with Crippen molar-refractivity contribution in [1.82, 2.24) is 20.4 Å². The number of likely N-dealkylation sites (tertiary alicyclic amines) is 1. The molecule has 3 rings (SSSR count). The first-order chi connectivity index (χ1) is 9.60. The summed E-state index contributed by atoms with van der Waals surface area (Å²) in [4.78, 5) is 14.3. The first-order valence-corrected chi connectivity index (χ1v) is 7.59. The normalized spacial score (nSPS) is 21.4. The number of aromatic nitrogens is 2. The van der Waals surface area contributed by atoms with Gasteiger partial charge in [-0.25, -0.2) is 0 Å². The van der Waals surface area contributed by atoms with Crippen LogP contribution in [0.15, 0.2) is 0 Å². The summed E-state index contributed by atoms with van der Waals surface area (Å²) in [6.07, 6.45) is 4.16. The SMILES string of the molecule is Cc1n[nH]c(C)c1CN1CC2(CCNCC2)CCC1=O.Cl. The standard InChI is InChI=1S/C15H24N4O.ClH/c1-11-13(12(2)18-17-11)9-19-10-15(4-3-14(19)20)5-7-16-8-6-15;/h16H,3-10H2,1-2H3,(H,17,18);1H. The van der Waals surface area contributed by atoms with E-state index in [0.717, 1.165) is 37.4 Å². The van der Waals surface area contributed by atoms with Crippen LogP contribution in [0.4, 0.5) is 0 Å². The molecule has 3 heterocycles. The molecule has 0 unspecified atom stereocenters. The fraction of sp³-hybridized carbons (Fsp3) is 0.733. The number of halogens is 1. The Balaban J connectivity index is 0.00000161. The van der Waals surface area contributed by atoms with Crippen molar-refractivity contribution in [3.63, 3.8) is 0 Å². The maximum atomic E-state index is 12.2. The number of nitrogens with zero attached hydrogens (tertiary/aromatic N) is 2. The number of H-pyrrole nitrogens is 1. The number of rotatable bonds is 2. The summed E-state index contributed by atoms with van der Waals surface area (Å²) in [5.41, 5.74) is 3.63. The molecule has 1 amide bonds. The van der Waals surface area contributed by atoms with Gasteiger partial charge in [-0.05, 0) is 51.6 Å². The lowest BCUT2D eigenvalue weighted by molar-refractivity contribution is -0.139. The Morgan fingerprint density at radius 1 is 1.24 bits per heavy atom. The first-order valence-electron chi connectivity index (χ1n) is 7.59. The Morgan fingerprint density at radius 2 is 1.95 bits per heavy atom. The zero-order chi connectivity index (χ0) is 14.2. The van der Waals surface area contributed by atoms with Crippen LogP contribution in [0.1, 0.15) is 42.6 Å². The van der Waals surface area contributed by atoms with Crippen LogP contribution in [0.25, 0.3) is 0 Å². The van der Waals surface area contributed by atoms with Crippen molar-refractivity contribution in [1.29, 1.82) is 0 Å². The molecule has 0 atom stereocenters. The molecule has 2 saturated heterocycles. The monoisotopic (exact) mass is 312 g/mol. The van der Waals surface area contributed by atoms with E-state index in [4.69, 9.17) is 0 Å². The van der Waals surface area contributed by atoms with Gasteiger partial charge in [-0.15, -0.1) is 12.4 Å². The number of aryl methyl sites for hydroxylation is 2. The Bertz CT molecular complexity index is 488. The molecule has 2 fully saturated rings. The average molecular weight is 313 g/mol. The van der Waals surface area contributed by atoms with Crippen LogP contribution >= 0.6 is 12.4 Å². The number of carbonyl (C=O) groups is 1. The van der Waals surface area contributed by atoms with E-state index in [1.165, 1.54) is 18.4 Å². The minimum absolute atomic E-state index is 0. The quantitative estimate of drug-likeness (QED) is 0.877. The van der Waals surface area contributed by atoms with Gasteiger partial charge in [-0.3, -0.25) is 9.89 Å². The first kappa shape index (κ1) is 16.3. The van der Waals surface area contributed by atoms with Crippen molar-refractivity contribution in [2.45, 2.75) is 46.1 Å². The third-order valence-electron chi connectivity index (χ3n) is 5.04. The smallest absolute Gasteiger partial charge is 0.222 e. The molecule has 1 aromatic heterocycles. The lowest BCUT2D eigenvalue weighted by Gasteiger charge is -2.45. The van der Waals surface area contributed by atoms with Gasteiger partial charge in [0.15, 0.2) is 0 Å². The van der Waals surface area contributed by atoms with E-state index in [0.29, 0.717) is 24.3 Å². The zero-order valence-electron chi connectivity index (χ0n) is 12.9. The molecule has 0 radical (unpaired) electrons. The van der Waals surface area contributed by atoms with Crippen molar-refractivity contribution in [2.75, 3.05) is 19.6 Å². The van der Waals surface area contributed by atoms with Crippen LogP contribution in [0.3, 0.4) is 0 Å². The van der Waals surface area contributed by atoms with Gasteiger partial charge in [0.25, 0.3) is 0 Å². The van der Waals surface area contributed by atoms with Gasteiger partial charge < -0.3 is 10.2 Å². The summed E-state index contributed by atoms with van der Waals surface area (Å²) in [5, 5.41) is 10.7. The molecule has 21 heavy (non-hydrogen) atoms. The van der Waals surface area contributed by atoms with E-state index in [1.54, 1.807) is 0 Å². The summed E-state index contributed by atoms with van der Waals surface area (Å²) in [6.45, 7) is 7.84. The minimum atomic E-state index is 0. The highest BCUT2D eigenvalue weighted by atomic mass is 35.5. The molecule has 0 bridgehead atoms.